The Bertz CT molecular complexity index is 1330. The van der Waals surface area contributed by atoms with Crippen molar-refractivity contribution in [3.63, 3.8) is 0 Å². The maximum absolute atomic E-state index is 15.8. The highest BCUT2D eigenvalue weighted by molar-refractivity contribution is 6.28. The van der Waals surface area contributed by atoms with E-state index in [9.17, 15) is 18.0 Å². The van der Waals surface area contributed by atoms with Crippen molar-refractivity contribution in [2.24, 2.45) is 0 Å². The lowest BCUT2D eigenvalue weighted by atomic mass is 9.87. The van der Waals surface area contributed by atoms with Crippen molar-refractivity contribution in [2.45, 2.75) is 38.5 Å². The Kier molecular flexibility index (Phi) is 5.88. The maximum atomic E-state index is 15.8. The molecule has 0 saturated carbocycles. The van der Waals surface area contributed by atoms with Gasteiger partial charge >= 0.3 is 6.18 Å². The number of nitrogens with zero attached hydrogens (tertiary/aromatic N) is 3. The van der Waals surface area contributed by atoms with E-state index in [-0.39, 0.29) is 34.1 Å². The normalized spacial score (nSPS) is 16.9. The molecule has 35 heavy (non-hydrogen) atoms. The first kappa shape index (κ1) is 23.5. The topological polar surface area (TPSA) is 102 Å². The number of nitrogens with one attached hydrogen (secondary N) is 2. The summed E-state index contributed by atoms with van der Waals surface area (Å²) in [5, 5.41) is 2.59. The van der Waals surface area contributed by atoms with Gasteiger partial charge in [-0.3, -0.25) is 4.79 Å². The van der Waals surface area contributed by atoms with Crippen LogP contribution in [0.4, 0.5) is 17.6 Å². The van der Waals surface area contributed by atoms with Crippen LogP contribution in [-0.2, 0) is 24.2 Å². The third-order valence-corrected chi connectivity index (χ3v) is 6.08. The molecule has 2 aliphatic rings. The largest absolute Gasteiger partial charge is 0.417 e. The molecule has 1 aliphatic carbocycles. The van der Waals surface area contributed by atoms with Gasteiger partial charge < -0.3 is 19.8 Å². The second-order valence-corrected chi connectivity index (χ2v) is 8.67. The summed E-state index contributed by atoms with van der Waals surface area (Å²) in [7, 11) is 0. The second-order valence-electron chi connectivity index (χ2n) is 8.34. The summed E-state index contributed by atoms with van der Waals surface area (Å²) in [5.41, 5.74) is 3.37. The molecular formula is C22H18ClF4N5O3. The number of alkyl halides is 3. The maximum Gasteiger partial charge on any atom is 0.411 e. The zero-order valence-electron chi connectivity index (χ0n) is 18.2. The van der Waals surface area contributed by atoms with Crippen molar-refractivity contribution in [1.29, 1.82) is 0 Å². The van der Waals surface area contributed by atoms with Crippen molar-refractivity contribution in [2.75, 3.05) is 13.2 Å². The van der Waals surface area contributed by atoms with E-state index in [4.69, 9.17) is 16.3 Å². The number of aromatic nitrogens is 4. The van der Waals surface area contributed by atoms with Crippen LogP contribution in [0, 0.1) is 5.82 Å². The molecule has 4 heterocycles. The van der Waals surface area contributed by atoms with E-state index in [2.05, 4.69) is 30.0 Å². The molecule has 0 unspecified atom stereocenters. The summed E-state index contributed by atoms with van der Waals surface area (Å²) in [5.74, 6) is -1.71. The van der Waals surface area contributed by atoms with Gasteiger partial charge in [0.15, 0.2) is 5.82 Å². The first-order valence-corrected chi connectivity index (χ1v) is 11.0. The fourth-order valence-electron chi connectivity index (χ4n) is 4.31. The summed E-state index contributed by atoms with van der Waals surface area (Å²) in [6, 6.07) is 0. The number of aromatic amines is 1. The molecule has 0 spiro atoms. The van der Waals surface area contributed by atoms with Gasteiger partial charge in [0.25, 0.3) is 11.8 Å². The Labute approximate surface area is 201 Å². The van der Waals surface area contributed by atoms with Crippen LogP contribution in [0.5, 0.6) is 11.8 Å². The van der Waals surface area contributed by atoms with Crippen LogP contribution in [0.15, 0.2) is 12.4 Å². The van der Waals surface area contributed by atoms with E-state index in [0.29, 0.717) is 36.2 Å². The zero-order valence-corrected chi connectivity index (χ0v) is 19.0. The predicted molar refractivity (Wildman–Crippen MR) is 115 cm³/mol. The van der Waals surface area contributed by atoms with Crippen LogP contribution in [0.2, 0.25) is 5.28 Å². The lowest BCUT2D eigenvalue weighted by Gasteiger charge is -2.21. The SMILES string of the molecule is C[C@H]1CNC(=O)c2c1[nH]c1c2CCc2cnc(Oc3nc(Cl)ncc3COCC(F)(F)F)c(F)c2-1. The standard InChI is InChI=1S/C22H18ClF4N5O3/c1-9-4-28-18(33)14-12-3-2-10-5-29-20(15(24)13(10)17(12)31-16(9)14)35-19-11(6-30-21(23)32-19)7-34-8-22(25,26)27/h5-6,9,31H,2-4,7-8H2,1H3,(H,28,33)/t9-/m0/s1. The molecule has 1 aliphatic heterocycles. The fraction of sp³-hybridized carbons (Fsp3) is 0.364. The average Bonchev–Trinajstić information content (AvgIpc) is 3.20. The minimum atomic E-state index is -4.53. The summed E-state index contributed by atoms with van der Waals surface area (Å²) in [4.78, 5) is 27.4. The quantitative estimate of drug-likeness (QED) is 0.387. The molecule has 3 aromatic rings. The number of rotatable bonds is 5. The second kappa shape index (κ2) is 8.76. The summed E-state index contributed by atoms with van der Waals surface area (Å²) in [6.07, 6.45) is -0.926. The number of H-pyrrole nitrogens is 1. The Hall–Kier alpha value is -3.25. The van der Waals surface area contributed by atoms with Crippen LogP contribution < -0.4 is 10.1 Å². The number of ether oxygens (including phenoxy) is 2. The lowest BCUT2D eigenvalue weighted by molar-refractivity contribution is -0.176. The van der Waals surface area contributed by atoms with E-state index >= 15 is 4.39 Å². The number of hydrogen-bond donors (Lipinski definition) is 2. The molecule has 13 heteroatoms. The number of carbonyl (C=O) groups excluding carboxylic acids is 1. The molecule has 0 aromatic carbocycles. The molecule has 1 amide bonds. The number of halogens is 5. The highest BCUT2D eigenvalue weighted by Gasteiger charge is 2.35. The number of hydrogen-bond acceptors (Lipinski definition) is 6. The molecule has 2 N–H and O–H groups in total. The van der Waals surface area contributed by atoms with E-state index in [1.807, 2.05) is 6.92 Å². The van der Waals surface area contributed by atoms with Gasteiger partial charge in [0.2, 0.25) is 11.2 Å². The molecule has 0 fully saturated rings. The smallest absolute Gasteiger partial charge is 0.411 e. The monoisotopic (exact) mass is 511 g/mol. The van der Waals surface area contributed by atoms with Gasteiger partial charge in [-0.2, -0.15) is 18.2 Å². The van der Waals surface area contributed by atoms with E-state index in [1.54, 1.807) is 0 Å². The molecule has 0 saturated heterocycles. The third-order valence-electron chi connectivity index (χ3n) is 5.89. The van der Waals surface area contributed by atoms with Gasteiger partial charge in [0.05, 0.1) is 23.4 Å². The summed E-state index contributed by atoms with van der Waals surface area (Å²) in [6.45, 7) is 0.393. The molecule has 184 valence electrons. The summed E-state index contributed by atoms with van der Waals surface area (Å²) < 4.78 is 63.3. The predicted octanol–water partition coefficient (Wildman–Crippen LogP) is 4.48. The van der Waals surface area contributed by atoms with Crippen molar-refractivity contribution >= 4 is 17.5 Å². The first-order valence-electron chi connectivity index (χ1n) is 10.7. The number of carbonyl (C=O) groups is 1. The Morgan fingerprint density at radius 2 is 1.97 bits per heavy atom. The highest BCUT2D eigenvalue weighted by Crippen LogP contribution is 2.42. The van der Waals surface area contributed by atoms with Crippen LogP contribution in [0.3, 0.4) is 0 Å². The van der Waals surface area contributed by atoms with Gasteiger partial charge in [-0.1, -0.05) is 6.92 Å². The minimum Gasteiger partial charge on any atom is -0.417 e. The lowest BCUT2D eigenvalue weighted by Crippen LogP contribution is -2.34. The van der Waals surface area contributed by atoms with Crippen LogP contribution in [-0.4, -0.2) is 45.2 Å². The van der Waals surface area contributed by atoms with Crippen molar-refractivity contribution in [3.8, 4) is 23.0 Å². The molecular weight excluding hydrogens is 494 g/mol. The number of aryl methyl sites for hydroxylation is 1. The summed E-state index contributed by atoms with van der Waals surface area (Å²) >= 11 is 5.82. The fourth-order valence-corrected chi connectivity index (χ4v) is 4.44. The number of amides is 1. The Morgan fingerprint density at radius 1 is 1.17 bits per heavy atom. The van der Waals surface area contributed by atoms with Gasteiger partial charge in [-0.25, -0.2) is 14.4 Å². The number of pyridine rings is 1. The number of fused-ring (bicyclic) bond motifs is 5. The van der Waals surface area contributed by atoms with Crippen molar-refractivity contribution in [1.82, 2.24) is 25.3 Å². The first-order chi connectivity index (χ1) is 16.6. The van der Waals surface area contributed by atoms with E-state index in [1.165, 1.54) is 6.20 Å². The molecule has 3 aromatic heterocycles. The minimum absolute atomic E-state index is 0.0269. The third kappa shape index (κ3) is 4.43. The van der Waals surface area contributed by atoms with Gasteiger partial charge in [0.1, 0.15) is 6.61 Å². The van der Waals surface area contributed by atoms with Gasteiger partial charge in [0, 0.05) is 36.1 Å². The highest BCUT2D eigenvalue weighted by atomic mass is 35.5. The van der Waals surface area contributed by atoms with Gasteiger partial charge in [-0.15, -0.1) is 0 Å². The molecule has 8 nitrogen and oxygen atoms in total. The Morgan fingerprint density at radius 3 is 2.74 bits per heavy atom. The van der Waals surface area contributed by atoms with Crippen molar-refractivity contribution < 1.29 is 31.8 Å². The molecule has 1 atom stereocenters. The van der Waals surface area contributed by atoms with E-state index < -0.39 is 31.1 Å². The molecule has 0 radical (unpaired) electrons. The molecule has 5 rings (SSSR count). The van der Waals surface area contributed by atoms with Gasteiger partial charge in [-0.05, 0) is 35.6 Å². The molecule has 0 bridgehead atoms. The van der Waals surface area contributed by atoms with Crippen LogP contribution >= 0.6 is 11.6 Å². The van der Waals surface area contributed by atoms with E-state index in [0.717, 1.165) is 17.5 Å². The zero-order chi connectivity index (χ0) is 24.9. The average molecular weight is 512 g/mol. The van der Waals surface area contributed by atoms with Crippen LogP contribution in [0.25, 0.3) is 11.3 Å². The van der Waals surface area contributed by atoms with Crippen LogP contribution in [0.1, 0.15) is 45.6 Å². The Balaban J connectivity index is 1.51. The van der Waals surface area contributed by atoms with Crippen molar-refractivity contribution in [3.05, 3.63) is 51.4 Å².